The van der Waals surface area contributed by atoms with Gasteiger partial charge < -0.3 is 25.0 Å². The first kappa shape index (κ1) is 21.9. The van der Waals surface area contributed by atoms with E-state index in [0.29, 0.717) is 38.4 Å². The first-order chi connectivity index (χ1) is 16.6. The lowest BCUT2D eigenvalue weighted by atomic mass is 10.0. The summed E-state index contributed by atoms with van der Waals surface area (Å²) in [5, 5.41) is 12.8. The lowest BCUT2D eigenvalue weighted by Crippen LogP contribution is -2.54. The number of carboxylic acid groups (broad SMARTS) is 1. The van der Waals surface area contributed by atoms with Crippen LogP contribution in [0.25, 0.3) is 10.9 Å². The second-order valence-corrected chi connectivity index (χ2v) is 8.72. The third kappa shape index (κ3) is 4.59. The van der Waals surface area contributed by atoms with Gasteiger partial charge in [0, 0.05) is 37.5 Å². The van der Waals surface area contributed by atoms with Crippen molar-refractivity contribution in [1.82, 2.24) is 20.2 Å². The highest BCUT2D eigenvalue weighted by atomic mass is 16.5. The van der Waals surface area contributed by atoms with Crippen molar-refractivity contribution in [2.45, 2.75) is 38.0 Å². The highest BCUT2D eigenvalue weighted by molar-refractivity contribution is 5.90. The van der Waals surface area contributed by atoms with Gasteiger partial charge in [-0.15, -0.1) is 0 Å². The highest BCUT2D eigenvalue weighted by Gasteiger charge is 2.41. The number of hydrogen-bond donors (Lipinski definition) is 2. The average Bonchev–Trinajstić information content (AvgIpc) is 3.25. The van der Waals surface area contributed by atoms with Crippen LogP contribution < -0.4 is 15.0 Å². The number of benzene rings is 2. The van der Waals surface area contributed by atoms with Crippen molar-refractivity contribution in [3.05, 3.63) is 60.4 Å². The summed E-state index contributed by atoms with van der Waals surface area (Å²) in [6.07, 6.45) is 2.75. The molecule has 2 aromatic carbocycles. The van der Waals surface area contributed by atoms with Crippen LogP contribution >= 0.6 is 0 Å². The molecule has 0 spiro atoms. The van der Waals surface area contributed by atoms with Gasteiger partial charge >= 0.3 is 6.09 Å². The molecule has 2 atom stereocenters. The zero-order valence-electron chi connectivity index (χ0n) is 18.8. The third-order valence-electron chi connectivity index (χ3n) is 6.49. The van der Waals surface area contributed by atoms with Crippen molar-refractivity contribution in [2.24, 2.45) is 0 Å². The van der Waals surface area contributed by atoms with Gasteiger partial charge in [0.15, 0.2) is 0 Å². The zero-order valence-corrected chi connectivity index (χ0v) is 18.8. The molecule has 3 heterocycles. The number of ether oxygens (including phenoxy) is 1. The number of piperidine rings is 1. The van der Waals surface area contributed by atoms with Gasteiger partial charge in [0.2, 0.25) is 5.91 Å². The quantitative estimate of drug-likeness (QED) is 0.581. The SMILES string of the molecule is O=C(O)N[C@H]1CN(c2ncnc3cc(OCc4ccccc4)ccc23)C[C@H]1N1CCCCC1=O. The van der Waals surface area contributed by atoms with Crippen molar-refractivity contribution < 1.29 is 19.4 Å². The Hall–Kier alpha value is -3.88. The van der Waals surface area contributed by atoms with Crippen molar-refractivity contribution in [1.29, 1.82) is 0 Å². The van der Waals surface area contributed by atoms with Gasteiger partial charge in [-0.2, -0.15) is 0 Å². The number of fused-ring (bicyclic) bond motifs is 1. The molecule has 34 heavy (non-hydrogen) atoms. The Kier molecular flexibility index (Phi) is 6.16. The van der Waals surface area contributed by atoms with Crippen molar-refractivity contribution in [2.75, 3.05) is 24.5 Å². The molecule has 0 bridgehead atoms. The van der Waals surface area contributed by atoms with E-state index in [2.05, 4.69) is 15.3 Å². The summed E-state index contributed by atoms with van der Waals surface area (Å²) in [7, 11) is 0. The van der Waals surface area contributed by atoms with E-state index >= 15 is 0 Å². The number of anilines is 1. The fourth-order valence-electron chi connectivity index (χ4n) is 4.86. The number of nitrogens with one attached hydrogen (secondary N) is 1. The zero-order chi connectivity index (χ0) is 23.5. The Bertz CT molecular complexity index is 1190. The van der Waals surface area contributed by atoms with Crippen LogP contribution in [-0.2, 0) is 11.4 Å². The molecule has 2 fully saturated rings. The summed E-state index contributed by atoms with van der Waals surface area (Å²) in [6.45, 7) is 2.06. The Morgan fingerprint density at radius 3 is 2.76 bits per heavy atom. The summed E-state index contributed by atoms with van der Waals surface area (Å²) in [6, 6.07) is 15.0. The van der Waals surface area contributed by atoms with Crippen LogP contribution in [0.2, 0.25) is 0 Å². The van der Waals surface area contributed by atoms with Crippen LogP contribution in [0, 0.1) is 0 Å². The number of likely N-dealkylation sites (tertiary alicyclic amines) is 1. The number of carbonyl (C=O) groups is 2. The van der Waals surface area contributed by atoms with Crippen LogP contribution in [0.5, 0.6) is 5.75 Å². The van der Waals surface area contributed by atoms with E-state index in [1.165, 1.54) is 6.33 Å². The van der Waals surface area contributed by atoms with E-state index in [1.54, 1.807) is 0 Å². The van der Waals surface area contributed by atoms with Crippen molar-refractivity contribution in [3.63, 3.8) is 0 Å². The minimum absolute atomic E-state index is 0.0861. The average molecular weight is 462 g/mol. The third-order valence-corrected chi connectivity index (χ3v) is 6.49. The molecule has 2 aliphatic rings. The Balaban J connectivity index is 1.38. The molecule has 2 N–H and O–H groups in total. The monoisotopic (exact) mass is 461 g/mol. The van der Waals surface area contributed by atoms with Gasteiger partial charge in [0.25, 0.3) is 0 Å². The molecule has 9 heteroatoms. The second-order valence-electron chi connectivity index (χ2n) is 8.72. The maximum atomic E-state index is 12.6. The molecule has 176 valence electrons. The van der Waals surface area contributed by atoms with Crippen LogP contribution in [0.3, 0.4) is 0 Å². The topological polar surface area (TPSA) is 108 Å². The normalized spacial score (nSPS) is 20.5. The number of carbonyl (C=O) groups excluding carboxylic acids is 1. The first-order valence-electron chi connectivity index (χ1n) is 11.5. The summed E-state index contributed by atoms with van der Waals surface area (Å²) < 4.78 is 5.94. The highest BCUT2D eigenvalue weighted by Crippen LogP contribution is 2.31. The van der Waals surface area contributed by atoms with Crippen LogP contribution in [0.1, 0.15) is 24.8 Å². The van der Waals surface area contributed by atoms with Gasteiger partial charge in [-0.1, -0.05) is 30.3 Å². The lowest BCUT2D eigenvalue weighted by Gasteiger charge is -2.35. The summed E-state index contributed by atoms with van der Waals surface area (Å²) >= 11 is 0. The molecule has 3 aromatic rings. The Morgan fingerprint density at radius 2 is 1.97 bits per heavy atom. The Morgan fingerprint density at radius 1 is 1.12 bits per heavy atom. The maximum absolute atomic E-state index is 12.6. The Labute approximate surface area is 197 Å². The van der Waals surface area contributed by atoms with Crippen molar-refractivity contribution in [3.8, 4) is 5.75 Å². The van der Waals surface area contributed by atoms with E-state index in [9.17, 15) is 14.7 Å². The number of aromatic nitrogens is 2. The predicted molar refractivity (Wildman–Crippen MR) is 127 cm³/mol. The van der Waals surface area contributed by atoms with Gasteiger partial charge in [0.1, 0.15) is 24.5 Å². The molecular weight excluding hydrogens is 434 g/mol. The fraction of sp³-hybridized carbons (Fsp3) is 0.360. The van der Waals surface area contributed by atoms with Gasteiger partial charge in [-0.3, -0.25) is 4.79 Å². The molecule has 0 unspecified atom stereocenters. The number of nitrogens with zero attached hydrogens (tertiary/aromatic N) is 4. The summed E-state index contributed by atoms with van der Waals surface area (Å²) in [5.74, 6) is 1.52. The van der Waals surface area contributed by atoms with E-state index in [4.69, 9.17) is 4.74 Å². The van der Waals surface area contributed by atoms with Crippen molar-refractivity contribution >= 4 is 28.7 Å². The molecule has 2 amide bonds. The standard InChI is InChI=1S/C25H27N5O4/c31-23-8-4-5-11-30(23)22-14-29(13-21(22)28-25(32)33)24-19-10-9-18(12-20(19)26-16-27-24)34-15-17-6-2-1-3-7-17/h1-3,6-7,9-10,12,16,21-22,28H,4-5,8,11,13-15H2,(H,32,33)/t21-,22+/m0/s1. The lowest BCUT2D eigenvalue weighted by molar-refractivity contribution is -0.135. The summed E-state index contributed by atoms with van der Waals surface area (Å²) in [5.41, 5.74) is 1.83. The largest absolute Gasteiger partial charge is 0.489 e. The van der Waals surface area contributed by atoms with E-state index in [0.717, 1.165) is 35.1 Å². The fourth-order valence-corrected chi connectivity index (χ4v) is 4.86. The maximum Gasteiger partial charge on any atom is 0.405 e. The van der Waals surface area contributed by atoms with Crippen LogP contribution in [0.4, 0.5) is 10.6 Å². The van der Waals surface area contributed by atoms with Crippen LogP contribution in [0.15, 0.2) is 54.9 Å². The molecule has 2 saturated heterocycles. The predicted octanol–water partition coefficient (Wildman–Crippen LogP) is 3.05. The second kappa shape index (κ2) is 9.54. The molecular formula is C25H27N5O4. The van der Waals surface area contributed by atoms with E-state index < -0.39 is 12.1 Å². The summed E-state index contributed by atoms with van der Waals surface area (Å²) in [4.78, 5) is 36.8. The molecule has 1 aromatic heterocycles. The van der Waals surface area contributed by atoms with E-state index in [-0.39, 0.29) is 11.9 Å². The minimum atomic E-state index is -1.09. The molecule has 0 aliphatic carbocycles. The van der Waals surface area contributed by atoms with Crippen LogP contribution in [-0.4, -0.2) is 63.7 Å². The molecule has 0 radical (unpaired) electrons. The van der Waals surface area contributed by atoms with Gasteiger partial charge in [-0.05, 0) is 30.5 Å². The van der Waals surface area contributed by atoms with Gasteiger partial charge in [0.05, 0.1) is 17.6 Å². The molecule has 2 aliphatic heterocycles. The number of rotatable bonds is 6. The van der Waals surface area contributed by atoms with E-state index in [1.807, 2.05) is 58.3 Å². The smallest absolute Gasteiger partial charge is 0.405 e. The molecule has 0 saturated carbocycles. The molecule has 9 nitrogen and oxygen atoms in total. The number of amides is 2. The minimum Gasteiger partial charge on any atom is -0.489 e. The molecule has 5 rings (SSSR count). The first-order valence-corrected chi connectivity index (χ1v) is 11.5. The van der Waals surface area contributed by atoms with Gasteiger partial charge in [-0.25, -0.2) is 14.8 Å². The number of hydrogen-bond acceptors (Lipinski definition) is 6.